The van der Waals surface area contributed by atoms with Gasteiger partial charge in [-0.1, -0.05) is 24.3 Å². The van der Waals surface area contributed by atoms with Crippen LogP contribution in [0.3, 0.4) is 0 Å². The molecule has 4 aromatic carbocycles. The largest absolute Gasteiger partial charge is 0.497 e. The number of benzene rings is 4. The van der Waals surface area contributed by atoms with Crippen molar-refractivity contribution in [1.82, 2.24) is 0 Å². The highest BCUT2D eigenvalue weighted by atomic mass is 19.4. The molecule has 0 spiro atoms. The lowest BCUT2D eigenvalue weighted by atomic mass is 9.91. The number of halogens is 6. The number of hydrogen-bond donors (Lipinski definition) is 2. The third-order valence-corrected chi connectivity index (χ3v) is 6.35. The molecule has 0 aromatic heterocycles. The Morgan fingerprint density at radius 2 is 0.775 bits per heavy atom. The molecule has 2 atom stereocenters. The Labute approximate surface area is 227 Å². The van der Waals surface area contributed by atoms with Crippen LogP contribution in [-0.2, 0) is 12.4 Å². The van der Waals surface area contributed by atoms with Gasteiger partial charge in [-0.05, 0) is 83.9 Å². The van der Waals surface area contributed by atoms with Gasteiger partial charge in [-0.2, -0.15) is 26.3 Å². The molecule has 0 aliphatic rings. The van der Waals surface area contributed by atoms with Crippen LogP contribution in [0, 0.1) is 0 Å². The van der Waals surface area contributed by atoms with E-state index in [4.69, 9.17) is 9.47 Å². The van der Waals surface area contributed by atoms with Gasteiger partial charge < -0.3 is 20.1 Å². The molecule has 40 heavy (non-hydrogen) atoms. The van der Waals surface area contributed by atoms with E-state index < -0.39 is 35.6 Å². The second-order valence-electron chi connectivity index (χ2n) is 8.94. The Morgan fingerprint density at radius 1 is 0.475 bits per heavy atom. The van der Waals surface area contributed by atoms with Gasteiger partial charge in [0.25, 0.3) is 0 Å². The quantitative estimate of drug-likeness (QED) is 0.201. The molecule has 0 aliphatic carbocycles. The molecule has 210 valence electrons. The molecule has 0 fully saturated rings. The topological polar surface area (TPSA) is 42.5 Å². The third kappa shape index (κ3) is 6.99. The molecule has 10 heteroatoms. The molecule has 0 aliphatic heterocycles. The fourth-order valence-electron chi connectivity index (χ4n) is 4.21. The maximum absolute atomic E-state index is 13.3. The van der Waals surface area contributed by atoms with E-state index in [1.165, 1.54) is 38.5 Å². The van der Waals surface area contributed by atoms with Crippen molar-refractivity contribution >= 4 is 11.4 Å². The summed E-state index contributed by atoms with van der Waals surface area (Å²) in [6, 6.07) is 21.8. The molecular formula is C30H26F6N2O2. The van der Waals surface area contributed by atoms with Crippen molar-refractivity contribution < 1.29 is 35.8 Å². The van der Waals surface area contributed by atoms with E-state index in [0.717, 1.165) is 24.3 Å². The van der Waals surface area contributed by atoms with Gasteiger partial charge in [0.2, 0.25) is 0 Å². The zero-order chi connectivity index (χ0) is 28.9. The van der Waals surface area contributed by atoms with Crippen LogP contribution in [0.15, 0.2) is 97.1 Å². The normalized spacial score (nSPS) is 13.3. The maximum atomic E-state index is 13.3. The second kappa shape index (κ2) is 11.8. The Hall–Kier alpha value is -4.34. The smallest absolute Gasteiger partial charge is 0.416 e. The molecule has 2 N–H and O–H groups in total. The number of anilines is 2. The van der Waals surface area contributed by atoms with Crippen LogP contribution in [0.4, 0.5) is 37.7 Å². The predicted molar refractivity (Wildman–Crippen MR) is 142 cm³/mol. The molecular weight excluding hydrogens is 534 g/mol. The van der Waals surface area contributed by atoms with Crippen LogP contribution in [0.2, 0.25) is 0 Å². The third-order valence-electron chi connectivity index (χ3n) is 6.35. The number of hydrogen-bond acceptors (Lipinski definition) is 4. The fourth-order valence-corrected chi connectivity index (χ4v) is 4.21. The first-order valence-electron chi connectivity index (χ1n) is 12.1. The van der Waals surface area contributed by atoms with E-state index >= 15 is 0 Å². The number of ether oxygens (including phenoxy) is 2. The fraction of sp³-hybridized carbons (Fsp3) is 0.200. The van der Waals surface area contributed by atoms with Crippen molar-refractivity contribution in [3.8, 4) is 11.5 Å². The maximum Gasteiger partial charge on any atom is 0.416 e. The first-order valence-corrected chi connectivity index (χ1v) is 12.1. The van der Waals surface area contributed by atoms with E-state index in [0.29, 0.717) is 34.0 Å². The number of rotatable bonds is 9. The summed E-state index contributed by atoms with van der Waals surface area (Å²) in [6.07, 6.45) is -9.04. The Kier molecular flexibility index (Phi) is 8.46. The Bertz CT molecular complexity index is 1260. The minimum atomic E-state index is -4.52. The average Bonchev–Trinajstić information content (AvgIpc) is 2.95. The van der Waals surface area contributed by atoms with Crippen molar-refractivity contribution in [2.45, 2.75) is 24.4 Å². The van der Waals surface area contributed by atoms with Gasteiger partial charge >= 0.3 is 12.4 Å². The van der Waals surface area contributed by atoms with Crippen LogP contribution >= 0.6 is 0 Å². The highest BCUT2D eigenvalue weighted by Crippen LogP contribution is 2.39. The molecule has 0 saturated carbocycles. The van der Waals surface area contributed by atoms with Crippen LogP contribution in [0.5, 0.6) is 11.5 Å². The Balaban J connectivity index is 1.81. The van der Waals surface area contributed by atoms with E-state index in [9.17, 15) is 26.3 Å². The first-order chi connectivity index (χ1) is 19.0. The summed E-state index contributed by atoms with van der Waals surface area (Å²) in [5.41, 5.74) is 0.588. The molecule has 0 radical (unpaired) electrons. The van der Waals surface area contributed by atoms with Gasteiger partial charge in [0, 0.05) is 11.4 Å². The number of alkyl halides is 6. The minimum absolute atomic E-state index is 0.481. The van der Waals surface area contributed by atoms with E-state index in [1.54, 1.807) is 48.5 Å². The molecule has 4 nitrogen and oxygen atoms in total. The van der Waals surface area contributed by atoms with Crippen LogP contribution in [-0.4, -0.2) is 14.2 Å². The molecule has 0 amide bonds. The molecule has 0 unspecified atom stereocenters. The van der Waals surface area contributed by atoms with E-state index in [-0.39, 0.29) is 0 Å². The van der Waals surface area contributed by atoms with Crippen LogP contribution in [0.1, 0.15) is 34.3 Å². The standard InChI is InChI=1S/C30H26F6N2O2/c1-39-25-15-11-23(12-16-25)37-27(19-3-7-21(8-4-19)29(31,32)33)28(38-24-13-17-26(40-2)18-14-24)20-5-9-22(10-6-20)30(34,35)36/h3-18,27-28,37-38H,1-2H3/t27-,28-/m1/s1. The zero-order valence-electron chi connectivity index (χ0n) is 21.5. The van der Waals surface area contributed by atoms with Crippen LogP contribution < -0.4 is 20.1 Å². The van der Waals surface area contributed by atoms with Gasteiger partial charge in [-0.25, -0.2) is 0 Å². The summed E-state index contributed by atoms with van der Waals surface area (Å²) in [4.78, 5) is 0. The lowest BCUT2D eigenvalue weighted by Gasteiger charge is -2.32. The highest BCUT2D eigenvalue weighted by molar-refractivity contribution is 5.53. The van der Waals surface area contributed by atoms with Gasteiger partial charge in [-0.15, -0.1) is 0 Å². The summed E-state index contributed by atoms with van der Waals surface area (Å²) in [6.45, 7) is 0. The SMILES string of the molecule is COc1ccc(N[C@H](c2ccc(C(F)(F)F)cc2)[C@H](Nc2ccc(OC)cc2)c2ccc(C(F)(F)F)cc2)cc1. The molecule has 4 aromatic rings. The minimum Gasteiger partial charge on any atom is -0.497 e. The summed E-state index contributed by atoms with van der Waals surface area (Å²) in [5, 5.41) is 6.69. The lowest BCUT2D eigenvalue weighted by molar-refractivity contribution is -0.138. The summed E-state index contributed by atoms with van der Waals surface area (Å²) in [7, 11) is 3.04. The van der Waals surface area contributed by atoms with E-state index in [2.05, 4.69) is 10.6 Å². The van der Waals surface area contributed by atoms with Gasteiger partial charge in [0.05, 0.1) is 37.4 Å². The first kappa shape index (κ1) is 28.7. The molecule has 0 bridgehead atoms. The van der Waals surface area contributed by atoms with E-state index in [1.807, 2.05) is 0 Å². The monoisotopic (exact) mass is 560 g/mol. The summed E-state index contributed by atoms with van der Waals surface area (Å²) < 4.78 is 90.2. The van der Waals surface area contributed by atoms with Gasteiger partial charge in [0.1, 0.15) is 11.5 Å². The van der Waals surface area contributed by atoms with Crippen molar-refractivity contribution in [2.75, 3.05) is 24.9 Å². The predicted octanol–water partition coefficient (Wildman–Crippen LogP) is 8.75. The van der Waals surface area contributed by atoms with Gasteiger partial charge in [-0.3, -0.25) is 0 Å². The van der Waals surface area contributed by atoms with Crippen molar-refractivity contribution in [3.05, 3.63) is 119 Å². The second-order valence-corrected chi connectivity index (χ2v) is 8.94. The highest BCUT2D eigenvalue weighted by Gasteiger charge is 2.33. The molecule has 0 heterocycles. The van der Waals surface area contributed by atoms with Gasteiger partial charge in [0.15, 0.2) is 0 Å². The average molecular weight is 561 g/mol. The number of nitrogens with one attached hydrogen (secondary N) is 2. The number of methoxy groups -OCH3 is 2. The lowest BCUT2D eigenvalue weighted by Crippen LogP contribution is -2.26. The zero-order valence-corrected chi connectivity index (χ0v) is 21.5. The van der Waals surface area contributed by atoms with Crippen LogP contribution in [0.25, 0.3) is 0 Å². The Morgan fingerprint density at radius 3 is 1.02 bits per heavy atom. The molecule has 4 rings (SSSR count). The summed E-state index contributed by atoms with van der Waals surface area (Å²) in [5.74, 6) is 1.21. The molecule has 0 saturated heterocycles. The van der Waals surface area contributed by atoms with Crippen molar-refractivity contribution in [2.24, 2.45) is 0 Å². The van der Waals surface area contributed by atoms with Crippen molar-refractivity contribution in [1.29, 1.82) is 0 Å². The summed E-state index contributed by atoms with van der Waals surface area (Å²) >= 11 is 0. The van der Waals surface area contributed by atoms with Crippen molar-refractivity contribution in [3.63, 3.8) is 0 Å².